The topological polar surface area (TPSA) is 98.3 Å². The summed E-state index contributed by atoms with van der Waals surface area (Å²) < 4.78 is 7.70. The lowest BCUT2D eigenvalue weighted by Crippen LogP contribution is -1.92. The molecule has 0 atom stereocenters. The molecule has 5 aromatic heterocycles. The maximum atomic E-state index is 5.93. The quantitative estimate of drug-likeness (QED) is 0.520. The first-order chi connectivity index (χ1) is 13.7. The molecule has 0 amide bonds. The van der Waals surface area contributed by atoms with Gasteiger partial charge in [0.1, 0.15) is 5.65 Å². The van der Waals surface area contributed by atoms with Crippen molar-refractivity contribution in [1.29, 1.82) is 0 Å². The molecule has 0 aliphatic heterocycles. The zero-order chi connectivity index (χ0) is 19.1. The number of rotatable bonds is 4. The standard InChI is InChI=1S/C20H17N7O/c1-12-3-4-21-7-13(12)6-18-25-26-20(28-18)17-10-23-19-16(17)5-14(8-22-19)15-9-24-27(2)11-15/h3-5,7-11H,6H2,1-2H3,(H,22,23). The van der Waals surface area contributed by atoms with Crippen LogP contribution in [-0.2, 0) is 13.5 Å². The van der Waals surface area contributed by atoms with E-state index in [1.165, 1.54) is 0 Å². The maximum absolute atomic E-state index is 5.93. The van der Waals surface area contributed by atoms with Gasteiger partial charge in [-0.1, -0.05) is 0 Å². The third-order valence-electron chi connectivity index (χ3n) is 4.76. The Morgan fingerprint density at radius 1 is 1.14 bits per heavy atom. The molecule has 1 N–H and O–H groups in total. The predicted molar refractivity (Wildman–Crippen MR) is 103 cm³/mol. The number of pyridine rings is 2. The number of nitrogens with zero attached hydrogens (tertiary/aromatic N) is 6. The SMILES string of the molecule is Cc1ccncc1Cc1nnc(-c2c[nH]c3ncc(-c4cnn(C)c4)cc23)o1. The van der Waals surface area contributed by atoms with Gasteiger partial charge in [0, 0.05) is 54.5 Å². The van der Waals surface area contributed by atoms with E-state index >= 15 is 0 Å². The lowest BCUT2D eigenvalue weighted by atomic mass is 10.1. The highest BCUT2D eigenvalue weighted by molar-refractivity contribution is 5.93. The van der Waals surface area contributed by atoms with E-state index in [0.29, 0.717) is 18.2 Å². The lowest BCUT2D eigenvalue weighted by Gasteiger charge is -2.00. The molecule has 0 saturated carbocycles. The first-order valence-electron chi connectivity index (χ1n) is 8.86. The summed E-state index contributed by atoms with van der Waals surface area (Å²) in [4.78, 5) is 11.8. The van der Waals surface area contributed by atoms with Gasteiger partial charge >= 0.3 is 0 Å². The molecule has 8 nitrogen and oxygen atoms in total. The van der Waals surface area contributed by atoms with Crippen LogP contribution >= 0.6 is 0 Å². The second kappa shape index (κ2) is 6.41. The molecule has 0 saturated heterocycles. The molecule has 8 heteroatoms. The van der Waals surface area contributed by atoms with Crippen molar-refractivity contribution >= 4 is 11.0 Å². The van der Waals surface area contributed by atoms with Crippen molar-refractivity contribution in [3.8, 4) is 22.6 Å². The number of aromatic amines is 1. The van der Waals surface area contributed by atoms with Crippen LogP contribution in [-0.4, -0.2) is 34.9 Å². The highest BCUT2D eigenvalue weighted by Gasteiger charge is 2.16. The zero-order valence-electron chi connectivity index (χ0n) is 15.4. The molecule has 0 aliphatic rings. The molecule has 5 heterocycles. The molecular formula is C20H17N7O. The molecular weight excluding hydrogens is 354 g/mol. The lowest BCUT2D eigenvalue weighted by molar-refractivity contribution is 0.518. The number of fused-ring (bicyclic) bond motifs is 1. The number of hydrogen-bond acceptors (Lipinski definition) is 6. The number of hydrogen-bond donors (Lipinski definition) is 1. The van der Waals surface area contributed by atoms with Crippen molar-refractivity contribution in [2.45, 2.75) is 13.3 Å². The highest BCUT2D eigenvalue weighted by Crippen LogP contribution is 2.30. The summed E-state index contributed by atoms with van der Waals surface area (Å²) in [6.45, 7) is 2.04. The van der Waals surface area contributed by atoms with Crippen LogP contribution in [0.5, 0.6) is 0 Å². The van der Waals surface area contributed by atoms with E-state index in [-0.39, 0.29) is 0 Å². The molecule has 0 spiro atoms. The summed E-state index contributed by atoms with van der Waals surface area (Å²) in [5.74, 6) is 1.02. The van der Waals surface area contributed by atoms with Crippen LogP contribution in [0.1, 0.15) is 17.0 Å². The summed E-state index contributed by atoms with van der Waals surface area (Å²) in [5.41, 5.74) is 5.79. The fourth-order valence-corrected chi connectivity index (χ4v) is 3.19. The van der Waals surface area contributed by atoms with Gasteiger partial charge < -0.3 is 9.40 Å². The molecule has 0 radical (unpaired) electrons. The van der Waals surface area contributed by atoms with Gasteiger partial charge in [0.25, 0.3) is 0 Å². The van der Waals surface area contributed by atoms with E-state index in [4.69, 9.17) is 4.42 Å². The second-order valence-corrected chi connectivity index (χ2v) is 6.71. The fourth-order valence-electron chi connectivity index (χ4n) is 3.19. The van der Waals surface area contributed by atoms with E-state index in [2.05, 4.69) is 36.3 Å². The first-order valence-corrected chi connectivity index (χ1v) is 8.86. The van der Waals surface area contributed by atoms with Crippen molar-refractivity contribution in [1.82, 2.24) is 34.9 Å². The van der Waals surface area contributed by atoms with Gasteiger partial charge in [0.15, 0.2) is 0 Å². The molecule has 0 aromatic carbocycles. The van der Waals surface area contributed by atoms with Crippen molar-refractivity contribution in [2.75, 3.05) is 0 Å². The van der Waals surface area contributed by atoms with Crippen molar-refractivity contribution < 1.29 is 4.42 Å². The normalized spacial score (nSPS) is 11.4. The molecule has 5 aromatic rings. The van der Waals surface area contributed by atoms with Crippen LogP contribution in [0.3, 0.4) is 0 Å². The van der Waals surface area contributed by atoms with E-state index < -0.39 is 0 Å². The van der Waals surface area contributed by atoms with Crippen LogP contribution in [0.15, 0.2) is 53.7 Å². The first kappa shape index (κ1) is 16.4. The summed E-state index contributed by atoms with van der Waals surface area (Å²) in [5, 5.41) is 13.6. The Bertz CT molecular complexity index is 1280. The fraction of sp³-hybridized carbons (Fsp3) is 0.150. The maximum Gasteiger partial charge on any atom is 0.249 e. The summed E-state index contributed by atoms with van der Waals surface area (Å²) in [7, 11) is 1.89. The third kappa shape index (κ3) is 2.84. The Kier molecular flexibility index (Phi) is 3.75. The Morgan fingerprint density at radius 2 is 2.07 bits per heavy atom. The third-order valence-corrected chi connectivity index (χ3v) is 4.76. The van der Waals surface area contributed by atoms with Crippen LogP contribution < -0.4 is 0 Å². The molecule has 5 rings (SSSR count). The molecule has 0 fully saturated rings. The van der Waals surface area contributed by atoms with Gasteiger partial charge in [-0.2, -0.15) is 5.10 Å². The Hall–Kier alpha value is -3.81. The molecule has 0 bridgehead atoms. The van der Waals surface area contributed by atoms with Gasteiger partial charge in [-0.15, -0.1) is 10.2 Å². The Labute approximate surface area is 160 Å². The van der Waals surface area contributed by atoms with E-state index in [1.54, 1.807) is 10.9 Å². The summed E-state index contributed by atoms with van der Waals surface area (Å²) in [6.07, 6.45) is 11.6. The van der Waals surface area contributed by atoms with Gasteiger partial charge in [-0.3, -0.25) is 9.67 Å². The molecule has 0 aliphatic carbocycles. The molecule has 138 valence electrons. The Morgan fingerprint density at radius 3 is 2.89 bits per heavy atom. The average molecular weight is 371 g/mol. The van der Waals surface area contributed by atoms with Crippen LogP contribution in [0.25, 0.3) is 33.6 Å². The van der Waals surface area contributed by atoms with Gasteiger partial charge in [0.2, 0.25) is 11.8 Å². The molecule has 28 heavy (non-hydrogen) atoms. The number of nitrogens with one attached hydrogen (secondary N) is 1. The Balaban J connectivity index is 1.51. The monoisotopic (exact) mass is 371 g/mol. The minimum absolute atomic E-state index is 0.466. The van der Waals surface area contributed by atoms with Crippen molar-refractivity contribution in [3.05, 3.63) is 66.3 Å². The van der Waals surface area contributed by atoms with E-state index in [9.17, 15) is 0 Å². The van der Waals surface area contributed by atoms with E-state index in [1.807, 2.05) is 51.0 Å². The number of aryl methyl sites for hydroxylation is 2. The van der Waals surface area contributed by atoms with Gasteiger partial charge in [-0.05, 0) is 30.2 Å². The van der Waals surface area contributed by atoms with Crippen LogP contribution in [0.4, 0.5) is 0 Å². The number of H-pyrrole nitrogens is 1. The minimum atomic E-state index is 0.466. The zero-order valence-corrected chi connectivity index (χ0v) is 15.4. The van der Waals surface area contributed by atoms with Gasteiger partial charge in [-0.25, -0.2) is 4.98 Å². The second-order valence-electron chi connectivity index (χ2n) is 6.71. The summed E-state index contributed by atoms with van der Waals surface area (Å²) >= 11 is 0. The van der Waals surface area contributed by atoms with Gasteiger partial charge in [0.05, 0.1) is 18.2 Å². The van der Waals surface area contributed by atoms with Crippen LogP contribution in [0.2, 0.25) is 0 Å². The van der Waals surface area contributed by atoms with Crippen molar-refractivity contribution in [2.24, 2.45) is 7.05 Å². The van der Waals surface area contributed by atoms with Crippen molar-refractivity contribution in [3.63, 3.8) is 0 Å². The largest absolute Gasteiger partial charge is 0.420 e. The highest BCUT2D eigenvalue weighted by atomic mass is 16.4. The number of aromatic nitrogens is 7. The minimum Gasteiger partial charge on any atom is -0.420 e. The smallest absolute Gasteiger partial charge is 0.249 e. The average Bonchev–Trinajstić information content (AvgIpc) is 3.42. The van der Waals surface area contributed by atoms with Crippen LogP contribution in [0, 0.1) is 6.92 Å². The summed E-state index contributed by atoms with van der Waals surface area (Å²) in [6, 6.07) is 4.03. The molecule has 0 unspecified atom stereocenters. The predicted octanol–water partition coefficient (Wildman–Crippen LogP) is 3.31. The van der Waals surface area contributed by atoms with E-state index in [0.717, 1.165) is 38.9 Å².